The summed E-state index contributed by atoms with van der Waals surface area (Å²) in [5, 5.41) is 0. The Morgan fingerprint density at radius 1 is 1.08 bits per heavy atom. The number of amides is 1. The maximum atomic E-state index is 12.6. The second kappa shape index (κ2) is 9.34. The van der Waals surface area contributed by atoms with Gasteiger partial charge in [-0.2, -0.15) is 0 Å². The molecule has 0 atom stereocenters. The smallest absolute Gasteiger partial charge is 0.226 e. The summed E-state index contributed by atoms with van der Waals surface area (Å²) in [7, 11) is 0. The first-order valence-corrected chi connectivity index (χ1v) is 9.34. The Morgan fingerprint density at radius 2 is 1.77 bits per heavy atom. The van der Waals surface area contributed by atoms with Crippen LogP contribution in [-0.2, 0) is 22.4 Å². The molecular formula is C21H27N3O2. The van der Waals surface area contributed by atoms with Crippen LogP contribution in [0.4, 0.5) is 5.69 Å². The number of rotatable bonds is 7. The summed E-state index contributed by atoms with van der Waals surface area (Å²) in [6.07, 6.45) is 4.90. The standard InChI is InChI=1S/C21H27N3O2/c1-2-23(12-9-18-7-10-22-11-8-18)21(25)17-19-3-5-20(6-4-19)24-13-15-26-16-14-24/h3-8,10-11H,2,9,12-17H2,1H3. The first-order chi connectivity index (χ1) is 12.8. The number of hydrogen-bond acceptors (Lipinski definition) is 4. The summed E-state index contributed by atoms with van der Waals surface area (Å²) in [5.74, 6) is 0.181. The predicted molar refractivity (Wildman–Crippen MR) is 103 cm³/mol. The molecule has 5 heteroatoms. The summed E-state index contributed by atoms with van der Waals surface area (Å²) in [6, 6.07) is 12.4. The Labute approximate surface area is 155 Å². The van der Waals surface area contributed by atoms with Crippen LogP contribution >= 0.6 is 0 Å². The second-order valence-corrected chi connectivity index (χ2v) is 6.52. The van der Waals surface area contributed by atoms with Gasteiger partial charge in [-0.3, -0.25) is 9.78 Å². The molecule has 0 bridgehead atoms. The van der Waals surface area contributed by atoms with Crippen molar-refractivity contribution in [1.82, 2.24) is 9.88 Å². The van der Waals surface area contributed by atoms with E-state index in [0.29, 0.717) is 6.42 Å². The van der Waals surface area contributed by atoms with Crippen LogP contribution < -0.4 is 4.90 Å². The van der Waals surface area contributed by atoms with Crippen LogP contribution in [0.1, 0.15) is 18.1 Å². The van der Waals surface area contributed by atoms with E-state index >= 15 is 0 Å². The molecule has 1 aliphatic rings. The van der Waals surface area contributed by atoms with E-state index in [2.05, 4.69) is 34.1 Å². The molecule has 2 heterocycles. The van der Waals surface area contributed by atoms with Gasteiger partial charge in [0.2, 0.25) is 5.91 Å². The molecule has 2 aromatic rings. The van der Waals surface area contributed by atoms with Crippen LogP contribution in [-0.4, -0.2) is 55.2 Å². The van der Waals surface area contributed by atoms with Gasteiger partial charge in [0.25, 0.3) is 0 Å². The third-order valence-corrected chi connectivity index (χ3v) is 4.82. The van der Waals surface area contributed by atoms with Gasteiger partial charge in [0.1, 0.15) is 0 Å². The van der Waals surface area contributed by atoms with Crippen molar-refractivity contribution in [3.05, 3.63) is 59.9 Å². The van der Waals surface area contributed by atoms with Crippen molar-refractivity contribution in [3.8, 4) is 0 Å². The number of ether oxygens (including phenoxy) is 1. The van der Waals surface area contributed by atoms with E-state index in [1.807, 2.05) is 24.0 Å². The molecule has 3 rings (SSSR count). The number of nitrogens with zero attached hydrogens (tertiary/aromatic N) is 3. The van der Waals surface area contributed by atoms with Gasteiger partial charge in [0.15, 0.2) is 0 Å². The van der Waals surface area contributed by atoms with Crippen LogP contribution in [0, 0.1) is 0 Å². The topological polar surface area (TPSA) is 45.7 Å². The van der Waals surface area contributed by atoms with Crippen molar-refractivity contribution < 1.29 is 9.53 Å². The zero-order chi connectivity index (χ0) is 18.2. The fourth-order valence-electron chi connectivity index (χ4n) is 3.21. The van der Waals surface area contributed by atoms with Crippen LogP contribution in [0.2, 0.25) is 0 Å². The Balaban J connectivity index is 1.53. The fourth-order valence-corrected chi connectivity index (χ4v) is 3.21. The Bertz CT molecular complexity index is 682. The normalized spacial score (nSPS) is 14.3. The fraction of sp³-hybridized carbons (Fsp3) is 0.429. The lowest BCUT2D eigenvalue weighted by molar-refractivity contribution is -0.130. The zero-order valence-corrected chi connectivity index (χ0v) is 15.4. The highest BCUT2D eigenvalue weighted by atomic mass is 16.5. The molecule has 0 N–H and O–H groups in total. The Morgan fingerprint density at radius 3 is 2.42 bits per heavy atom. The minimum atomic E-state index is 0.181. The number of benzene rings is 1. The van der Waals surface area contributed by atoms with E-state index < -0.39 is 0 Å². The summed E-state index contributed by atoms with van der Waals surface area (Å²) in [6.45, 7) is 6.92. The Kier molecular flexibility index (Phi) is 6.61. The molecular weight excluding hydrogens is 326 g/mol. The third-order valence-electron chi connectivity index (χ3n) is 4.82. The van der Waals surface area contributed by atoms with Crippen LogP contribution in [0.3, 0.4) is 0 Å². The summed E-state index contributed by atoms with van der Waals surface area (Å²) < 4.78 is 5.40. The van der Waals surface area contributed by atoms with Crippen LogP contribution in [0.25, 0.3) is 0 Å². The highest BCUT2D eigenvalue weighted by molar-refractivity contribution is 5.79. The molecule has 1 aromatic carbocycles. The van der Waals surface area contributed by atoms with Crippen molar-refractivity contribution in [2.45, 2.75) is 19.8 Å². The molecule has 138 valence electrons. The molecule has 26 heavy (non-hydrogen) atoms. The number of carbonyl (C=O) groups is 1. The molecule has 1 fully saturated rings. The number of pyridine rings is 1. The summed E-state index contributed by atoms with van der Waals surface area (Å²) >= 11 is 0. The SMILES string of the molecule is CCN(CCc1ccncc1)C(=O)Cc1ccc(N2CCOCC2)cc1. The molecule has 1 aliphatic heterocycles. The molecule has 0 unspecified atom stereocenters. The van der Waals surface area contributed by atoms with Gasteiger partial charge in [-0.1, -0.05) is 12.1 Å². The number of aromatic nitrogens is 1. The Hall–Kier alpha value is -2.40. The molecule has 0 aliphatic carbocycles. The highest BCUT2D eigenvalue weighted by Crippen LogP contribution is 2.17. The minimum absolute atomic E-state index is 0.181. The number of carbonyl (C=O) groups excluding carboxylic acids is 1. The van der Waals surface area contributed by atoms with Gasteiger partial charge >= 0.3 is 0 Å². The molecule has 5 nitrogen and oxygen atoms in total. The van der Waals surface area contributed by atoms with Crippen molar-refractivity contribution in [3.63, 3.8) is 0 Å². The van der Waals surface area contributed by atoms with Gasteiger partial charge in [-0.05, 0) is 48.7 Å². The van der Waals surface area contributed by atoms with E-state index in [9.17, 15) is 4.79 Å². The van der Waals surface area contributed by atoms with E-state index in [1.165, 1.54) is 11.3 Å². The summed E-state index contributed by atoms with van der Waals surface area (Å²) in [4.78, 5) is 20.9. The first kappa shape index (κ1) is 18.4. The van der Waals surface area contributed by atoms with Crippen LogP contribution in [0.15, 0.2) is 48.8 Å². The summed E-state index contributed by atoms with van der Waals surface area (Å²) in [5.41, 5.74) is 3.48. The molecule has 1 aromatic heterocycles. The average molecular weight is 353 g/mol. The second-order valence-electron chi connectivity index (χ2n) is 6.52. The maximum Gasteiger partial charge on any atom is 0.226 e. The molecule has 0 saturated carbocycles. The molecule has 1 amide bonds. The quantitative estimate of drug-likeness (QED) is 0.767. The van der Waals surface area contributed by atoms with Gasteiger partial charge in [-0.15, -0.1) is 0 Å². The molecule has 1 saturated heterocycles. The van der Waals surface area contributed by atoms with Crippen molar-refractivity contribution >= 4 is 11.6 Å². The number of anilines is 1. The van der Waals surface area contributed by atoms with Crippen molar-refractivity contribution in [2.24, 2.45) is 0 Å². The molecule has 0 radical (unpaired) electrons. The lowest BCUT2D eigenvalue weighted by Gasteiger charge is -2.29. The monoisotopic (exact) mass is 353 g/mol. The van der Waals surface area contributed by atoms with Crippen molar-refractivity contribution in [1.29, 1.82) is 0 Å². The first-order valence-electron chi connectivity index (χ1n) is 9.34. The third kappa shape index (κ3) is 5.05. The van der Waals surface area contributed by atoms with Crippen molar-refractivity contribution in [2.75, 3.05) is 44.3 Å². The average Bonchev–Trinajstić information content (AvgIpc) is 2.70. The highest BCUT2D eigenvalue weighted by Gasteiger charge is 2.14. The van der Waals surface area contributed by atoms with Gasteiger partial charge in [0, 0.05) is 44.3 Å². The molecule has 0 spiro atoms. The number of morpholine rings is 1. The van der Waals surface area contributed by atoms with Crippen LogP contribution in [0.5, 0.6) is 0 Å². The maximum absolute atomic E-state index is 12.6. The van der Waals surface area contributed by atoms with Gasteiger partial charge in [0.05, 0.1) is 19.6 Å². The largest absolute Gasteiger partial charge is 0.378 e. The van der Waals surface area contributed by atoms with E-state index in [0.717, 1.165) is 51.4 Å². The number of likely N-dealkylation sites (N-methyl/N-ethyl adjacent to an activating group) is 1. The predicted octanol–water partition coefficient (Wildman–Crippen LogP) is 2.55. The lowest BCUT2D eigenvalue weighted by Crippen LogP contribution is -2.36. The lowest BCUT2D eigenvalue weighted by atomic mass is 10.1. The van der Waals surface area contributed by atoms with Gasteiger partial charge in [-0.25, -0.2) is 0 Å². The van der Waals surface area contributed by atoms with E-state index in [4.69, 9.17) is 4.74 Å². The number of hydrogen-bond donors (Lipinski definition) is 0. The van der Waals surface area contributed by atoms with E-state index in [-0.39, 0.29) is 5.91 Å². The van der Waals surface area contributed by atoms with Gasteiger partial charge < -0.3 is 14.5 Å². The zero-order valence-electron chi connectivity index (χ0n) is 15.4. The van der Waals surface area contributed by atoms with E-state index in [1.54, 1.807) is 12.4 Å². The minimum Gasteiger partial charge on any atom is -0.378 e.